The number of nitrogens with one attached hydrogen (secondary N) is 1. The van der Waals surface area contributed by atoms with Crippen LogP contribution in [0, 0.1) is 5.82 Å². The smallest absolute Gasteiger partial charge is 0.246 e. The van der Waals surface area contributed by atoms with Crippen molar-refractivity contribution in [1.29, 1.82) is 0 Å². The molecule has 4 aromatic rings. The number of anilines is 3. The first-order chi connectivity index (χ1) is 19.6. The number of likely N-dealkylation sites (N-methyl/N-ethyl adjacent to an activating group) is 1. The van der Waals surface area contributed by atoms with Crippen molar-refractivity contribution in [3.8, 4) is 11.1 Å². The number of hydrogen-bond donors (Lipinski definition) is 2. The average molecular weight is 578 g/mol. The standard InChI is InChI=1S/C29H33ClFN9O/c1-6-22(41)39-11-16(3)40(12-15(39)2)28-19-10-20(30)23(18-8-7-9-21-24(18)27(32)36-35-21)25(31)26(19)33-29(34-28)38-13-17(14-38)37(4)5/h6-10,15-17H,1,11-14H2,2-5H3,(H3,32,35,36)/t15-,16+/m1/s1. The summed E-state index contributed by atoms with van der Waals surface area (Å²) in [5.41, 5.74) is 7.78. The highest BCUT2D eigenvalue weighted by molar-refractivity contribution is 6.35. The molecule has 2 atom stereocenters. The summed E-state index contributed by atoms with van der Waals surface area (Å²) in [4.78, 5) is 30.4. The van der Waals surface area contributed by atoms with E-state index in [1.54, 1.807) is 23.1 Å². The van der Waals surface area contributed by atoms with Gasteiger partial charge in [0.2, 0.25) is 11.9 Å². The summed E-state index contributed by atoms with van der Waals surface area (Å²) in [7, 11) is 4.08. The van der Waals surface area contributed by atoms with E-state index in [1.807, 2.05) is 34.0 Å². The zero-order valence-corrected chi connectivity index (χ0v) is 24.3. The second-order valence-electron chi connectivity index (χ2n) is 11.2. The van der Waals surface area contributed by atoms with E-state index in [2.05, 4.69) is 31.5 Å². The van der Waals surface area contributed by atoms with Crippen LogP contribution in [0.2, 0.25) is 5.02 Å². The minimum atomic E-state index is -0.545. The summed E-state index contributed by atoms with van der Waals surface area (Å²) in [6.45, 7) is 10.1. The third-order valence-electron chi connectivity index (χ3n) is 8.33. The minimum Gasteiger partial charge on any atom is -0.382 e. The lowest BCUT2D eigenvalue weighted by molar-refractivity contribution is -0.128. The molecule has 1 amide bonds. The van der Waals surface area contributed by atoms with Crippen molar-refractivity contribution in [1.82, 2.24) is 30.0 Å². The number of aromatic nitrogens is 4. The molecule has 2 aromatic carbocycles. The summed E-state index contributed by atoms with van der Waals surface area (Å²) >= 11 is 6.85. The van der Waals surface area contributed by atoms with E-state index >= 15 is 4.39 Å². The van der Waals surface area contributed by atoms with Gasteiger partial charge in [0, 0.05) is 55.3 Å². The van der Waals surface area contributed by atoms with Gasteiger partial charge in [-0.15, -0.1) is 0 Å². The van der Waals surface area contributed by atoms with E-state index in [9.17, 15) is 4.79 Å². The fraction of sp³-hybridized carbons (Fsp3) is 0.379. The lowest BCUT2D eigenvalue weighted by Gasteiger charge is -2.45. The first kappa shape index (κ1) is 27.2. The van der Waals surface area contributed by atoms with Gasteiger partial charge in [-0.2, -0.15) is 10.1 Å². The molecule has 6 rings (SSSR count). The Morgan fingerprint density at radius 3 is 2.66 bits per heavy atom. The predicted octanol–water partition coefficient (Wildman–Crippen LogP) is 3.91. The van der Waals surface area contributed by atoms with Crippen LogP contribution >= 0.6 is 11.6 Å². The van der Waals surface area contributed by atoms with Gasteiger partial charge in [-0.3, -0.25) is 9.89 Å². The monoisotopic (exact) mass is 577 g/mol. The number of halogens is 2. The maximum Gasteiger partial charge on any atom is 0.246 e. The number of benzene rings is 2. The topological polar surface area (TPSA) is 111 Å². The van der Waals surface area contributed by atoms with Crippen LogP contribution in [-0.2, 0) is 4.79 Å². The van der Waals surface area contributed by atoms with E-state index in [1.165, 1.54) is 6.08 Å². The quantitative estimate of drug-likeness (QED) is 0.344. The Balaban J connectivity index is 1.53. The number of rotatable bonds is 5. The van der Waals surface area contributed by atoms with Gasteiger partial charge in [-0.1, -0.05) is 30.3 Å². The minimum absolute atomic E-state index is 0.0899. The van der Waals surface area contributed by atoms with Crippen LogP contribution in [0.5, 0.6) is 0 Å². The van der Waals surface area contributed by atoms with Gasteiger partial charge < -0.3 is 25.3 Å². The Hall–Kier alpha value is -3.96. The Labute approximate surface area is 242 Å². The zero-order valence-electron chi connectivity index (χ0n) is 23.5. The van der Waals surface area contributed by atoms with Crippen molar-refractivity contribution in [3.05, 3.63) is 47.8 Å². The molecule has 214 valence electrons. The van der Waals surface area contributed by atoms with Gasteiger partial charge in [0.15, 0.2) is 11.6 Å². The molecule has 2 fully saturated rings. The molecule has 0 unspecified atom stereocenters. The fourth-order valence-electron chi connectivity index (χ4n) is 5.87. The molecule has 0 radical (unpaired) electrons. The number of amides is 1. The molecule has 4 heterocycles. The molecule has 2 saturated heterocycles. The van der Waals surface area contributed by atoms with Gasteiger partial charge in [0.05, 0.1) is 15.9 Å². The molecule has 0 bridgehead atoms. The number of aromatic amines is 1. The number of carbonyl (C=O) groups is 1. The van der Waals surface area contributed by atoms with Gasteiger partial charge >= 0.3 is 0 Å². The number of nitrogens with zero attached hydrogens (tertiary/aromatic N) is 7. The van der Waals surface area contributed by atoms with Crippen LogP contribution < -0.4 is 15.5 Å². The molecule has 2 aliphatic heterocycles. The lowest BCUT2D eigenvalue weighted by Crippen LogP contribution is -2.59. The Bertz CT molecular complexity index is 1680. The highest BCUT2D eigenvalue weighted by Gasteiger charge is 2.36. The van der Waals surface area contributed by atoms with E-state index in [-0.39, 0.29) is 39.9 Å². The third-order valence-corrected chi connectivity index (χ3v) is 8.63. The highest BCUT2D eigenvalue weighted by Crippen LogP contribution is 2.42. The molecule has 0 aliphatic carbocycles. The predicted molar refractivity (Wildman–Crippen MR) is 162 cm³/mol. The van der Waals surface area contributed by atoms with E-state index in [0.29, 0.717) is 52.8 Å². The number of carbonyl (C=O) groups excluding carboxylic acids is 1. The Morgan fingerprint density at radius 2 is 1.95 bits per heavy atom. The first-order valence-electron chi connectivity index (χ1n) is 13.6. The van der Waals surface area contributed by atoms with Crippen LogP contribution in [0.25, 0.3) is 32.9 Å². The largest absolute Gasteiger partial charge is 0.382 e. The zero-order chi connectivity index (χ0) is 29.2. The Morgan fingerprint density at radius 1 is 1.20 bits per heavy atom. The van der Waals surface area contributed by atoms with Crippen molar-refractivity contribution in [2.45, 2.75) is 32.0 Å². The van der Waals surface area contributed by atoms with Crippen LogP contribution in [0.1, 0.15) is 13.8 Å². The summed E-state index contributed by atoms with van der Waals surface area (Å²) in [5, 5.41) is 8.33. The van der Waals surface area contributed by atoms with E-state index in [0.717, 1.165) is 13.1 Å². The van der Waals surface area contributed by atoms with Crippen LogP contribution in [0.3, 0.4) is 0 Å². The lowest BCUT2D eigenvalue weighted by atomic mass is 9.98. The molecule has 0 saturated carbocycles. The van der Waals surface area contributed by atoms with Crippen LogP contribution in [0.15, 0.2) is 36.9 Å². The van der Waals surface area contributed by atoms with E-state index < -0.39 is 5.82 Å². The first-order valence-corrected chi connectivity index (χ1v) is 14.0. The van der Waals surface area contributed by atoms with Gasteiger partial charge in [-0.05, 0) is 51.7 Å². The van der Waals surface area contributed by atoms with Gasteiger partial charge in [0.1, 0.15) is 11.3 Å². The normalized spacial score (nSPS) is 19.8. The number of piperazine rings is 1. The molecule has 12 heteroatoms. The number of nitrogen functional groups attached to an aromatic ring is 1. The van der Waals surface area contributed by atoms with Crippen molar-refractivity contribution in [2.24, 2.45) is 0 Å². The molecule has 10 nitrogen and oxygen atoms in total. The number of H-pyrrole nitrogens is 1. The molecule has 3 N–H and O–H groups in total. The maximum absolute atomic E-state index is 16.7. The number of hydrogen-bond acceptors (Lipinski definition) is 8. The average Bonchev–Trinajstić information content (AvgIpc) is 3.29. The van der Waals surface area contributed by atoms with E-state index in [4.69, 9.17) is 27.3 Å². The van der Waals surface area contributed by atoms with Gasteiger partial charge in [-0.25, -0.2) is 9.37 Å². The van der Waals surface area contributed by atoms with Gasteiger partial charge in [0.25, 0.3) is 0 Å². The second-order valence-corrected chi connectivity index (χ2v) is 11.6. The summed E-state index contributed by atoms with van der Waals surface area (Å²) in [5.74, 6) is 0.663. The maximum atomic E-state index is 16.7. The summed E-state index contributed by atoms with van der Waals surface area (Å²) in [6, 6.07) is 7.32. The molecule has 41 heavy (non-hydrogen) atoms. The molecule has 2 aromatic heterocycles. The Kier molecular flexibility index (Phi) is 6.74. The molecule has 2 aliphatic rings. The van der Waals surface area contributed by atoms with Crippen LogP contribution in [0.4, 0.5) is 22.0 Å². The number of nitrogens with two attached hydrogens (primary N) is 1. The summed E-state index contributed by atoms with van der Waals surface area (Å²) < 4.78 is 16.7. The number of fused-ring (bicyclic) bond motifs is 2. The molecular weight excluding hydrogens is 545 g/mol. The molecule has 0 spiro atoms. The summed E-state index contributed by atoms with van der Waals surface area (Å²) in [6.07, 6.45) is 1.34. The molecular formula is C29H33ClFN9O. The van der Waals surface area contributed by atoms with Crippen molar-refractivity contribution >= 4 is 56.9 Å². The SMILES string of the molecule is C=CC(=O)N1C[C@H](C)N(c2nc(N3CC(N(C)C)C3)nc3c(F)c(-c4cccc5[nH]nc(N)c45)c(Cl)cc23)C[C@H]1C. The van der Waals surface area contributed by atoms with Crippen LogP contribution in [-0.4, -0.2) is 94.3 Å². The second kappa shape index (κ2) is 10.1. The van der Waals surface area contributed by atoms with Crippen molar-refractivity contribution < 1.29 is 9.18 Å². The fourth-order valence-corrected chi connectivity index (χ4v) is 6.17. The third kappa shape index (κ3) is 4.43. The van der Waals surface area contributed by atoms with Crippen molar-refractivity contribution in [3.63, 3.8) is 0 Å². The highest BCUT2D eigenvalue weighted by atomic mass is 35.5. The van der Waals surface area contributed by atoms with Crippen molar-refractivity contribution in [2.75, 3.05) is 55.8 Å².